The summed E-state index contributed by atoms with van der Waals surface area (Å²) in [5.74, 6) is -1.74. The van der Waals surface area contributed by atoms with E-state index >= 15 is 0 Å². The lowest BCUT2D eigenvalue weighted by Crippen LogP contribution is -2.49. The molecule has 2 aliphatic rings. The zero-order valence-corrected chi connectivity index (χ0v) is 20.3. The van der Waals surface area contributed by atoms with Crippen LogP contribution >= 0.6 is 0 Å². The van der Waals surface area contributed by atoms with Gasteiger partial charge in [0.1, 0.15) is 40.3 Å². The van der Waals surface area contributed by atoms with Crippen LogP contribution in [0.15, 0.2) is 17.7 Å². The Balaban J connectivity index is 2.25. The molecule has 0 unspecified atom stereocenters. The number of ether oxygens (including phenoxy) is 4. The second-order valence-corrected chi connectivity index (χ2v) is 8.51. The Kier molecular flexibility index (Phi) is 6.17. The number of methoxy groups -OCH3 is 2. The van der Waals surface area contributed by atoms with Gasteiger partial charge in [0, 0.05) is 31.4 Å². The summed E-state index contributed by atoms with van der Waals surface area (Å²) in [6.45, 7) is 4.02. The normalized spacial score (nSPS) is 20.6. The summed E-state index contributed by atoms with van der Waals surface area (Å²) in [4.78, 5) is 40.5. The molecule has 0 amide bonds. The molecule has 188 valence electrons. The van der Waals surface area contributed by atoms with E-state index in [9.17, 15) is 30.1 Å². The lowest BCUT2D eigenvalue weighted by atomic mass is 9.75. The van der Waals surface area contributed by atoms with Crippen molar-refractivity contribution in [2.24, 2.45) is 0 Å². The van der Waals surface area contributed by atoms with Crippen LogP contribution in [-0.2, 0) is 14.4 Å². The molecule has 0 heterocycles. The average Bonchev–Trinajstić information content (AvgIpc) is 3.17. The van der Waals surface area contributed by atoms with Crippen molar-refractivity contribution in [3.63, 3.8) is 0 Å². The third-order valence-corrected chi connectivity index (χ3v) is 6.45. The summed E-state index contributed by atoms with van der Waals surface area (Å²) >= 11 is 0. The van der Waals surface area contributed by atoms with Gasteiger partial charge in [0.25, 0.3) is 0 Å². The largest absolute Gasteiger partial charge is 0.495 e. The van der Waals surface area contributed by atoms with E-state index in [4.69, 9.17) is 18.9 Å². The number of rotatable bonds is 5. The van der Waals surface area contributed by atoms with Crippen molar-refractivity contribution in [2.45, 2.75) is 45.3 Å². The average molecular weight is 496 g/mol. The number of aliphatic hydroxyl groups excluding tert-OH is 1. The fourth-order valence-electron chi connectivity index (χ4n) is 4.94. The lowest BCUT2D eigenvalue weighted by Gasteiger charge is -2.35. The zero-order valence-electron chi connectivity index (χ0n) is 20.3. The van der Waals surface area contributed by atoms with Crippen LogP contribution in [0.3, 0.4) is 0 Å². The highest BCUT2D eigenvalue weighted by Gasteiger charge is 2.55. The van der Waals surface area contributed by atoms with Crippen LogP contribution in [0, 0.1) is 0 Å². The van der Waals surface area contributed by atoms with Crippen LogP contribution in [-0.4, -0.2) is 64.4 Å². The molecule has 4 rings (SSSR count). The first-order chi connectivity index (χ1) is 17.0. The van der Waals surface area contributed by atoms with Crippen LogP contribution in [0.5, 0.6) is 23.0 Å². The maximum atomic E-state index is 13.4. The van der Waals surface area contributed by atoms with Gasteiger partial charge in [-0.15, -0.1) is 0 Å². The molecular weight excluding hydrogens is 472 g/mol. The van der Waals surface area contributed by atoms with Gasteiger partial charge < -0.3 is 34.7 Å². The summed E-state index contributed by atoms with van der Waals surface area (Å²) in [5.41, 5.74) is 8.13. The zero-order chi connectivity index (χ0) is 26.5. The Bertz CT molecular complexity index is 1440. The molecule has 0 aliphatic heterocycles. The smallest absolute Gasteiger partial charge is 0.333 e. The molecule has 11 heteroatoms. The molecule has 0 bridgehead atoms. The molecule has 11 nitrogen and oxygen atoms in total. The number of benzene rings is 2. The van der Waals surface area contributed by atoms with Crippen molar-refractivity contribution in [1.82, 2.24) is 0 Å². The minimum absolute atomic E-state index is 0.00768. The van der Waals surface area contributed by atoms with Crippen molar-refractivity contribution in [1.29, 1.82) is 0 Å². The van der Waals surface area contributed by atoms with E-state index in [1.54, 1.807) is 6.92 Å². The van der Waals surface area contributed by atoms with Gasteiger partial charge in [0.15, 0.2) is 5.78 Å². The fourth-order valence-corrected chi connectivity index (χ4v) is 4.94. The minimum Gasteiger partial charge on any atom is -0.495 e. The van der Waals surface area contributed by atoms with Crippen molar-refractivity contribution in [3.8, 4) is 23.0 Å². The first kappa shape index (κ1) is 25.1. The molecule has 0 saturated carbocycles. The van der Waals surface area contributed by atoms with Crippen molar-refractivity contribution < 1.29 is 48.3 Å². The lowest BCUT2D eigenvalue weighted by molar-refractivity contribution is -0.132. The molecule has 0 spiro atoms. The van der Waals surface area contributed by atoms with Gasteiger partial charge in [-0.3, -0.25) is 14.4 Å². The number of Topliss-reactive ketones (excluding diaryl/α,β-unsaturated/α-hetero) is 1. The summed E-state index contributed by atoms with van der Waals surface area (Å²) in [7, 11) is 2.63. The molecule has 0 aromatic heterocycles. The molecule has 36 heavy (non-hydrogen) atoms. The second kappa shape index (κ2) is 8.87. The molecule has 2 aromatic carbocycles. The minimum atomic E-state index is -1.79. The SMILES string of the molecule is CC[C@]1(O)CC(=O)C2=C(C(=[N+]=[N-])c3c2c(OC)c2c(OC(C)=O)ccc(OC(C)=O)c2c3OC)[C@H]1O. The van der Waals surface area contributed by atoms with E-state index in [0.717, 1.165) is 0 Å². The number of aliphatic hydroxyl groups is 2. The maximum absolute atomic E-state index is 13.4. The highest BCUT2D eigenvalue weighted by molar-refractivity contribution is 6.40. The second-order valence-electron chi connectivity index (χ2n) is 8.51. The van der Waals surface area contributed by atoms with Gasteiger partial charge in [0.2, 0.25) is 0 Å². The number of carbonyl (C=O) groups is 3. The molecule has 2 aliphatic carbocycles. The molecule has 0 fully saturated rings. The number of esters is 2. The van der Waals surface area contributed by atoms with Crippen LogP contribution in [0.2, 0.25) is 0 Å². The molecule has 2 N–H and O–H groups in total. The van der Waals surface area contributed by atoms with Gasteiger partial charge in [-0.25, -0.2) is 0 Å². The first-order valence-corrected chi connectivity index (χ1v) is 11.1. The first-order valence-electron chi connectivity index (χ1n) is 11.1. The van der Waals surface area contributed by atoms with Gasteiger partial charge in [-0.1, -0.05) is 6.92 Å². The number of fused-ring (bicyclic) bond motifs is 3. The van der Waals surface area contributed by atoms with Crippen molar-refractivity contribution >= 4 is 39.8 Å². The van der Waals surface area contributed by atoms with E-state index in [0.29, 0.717) is 0 Å². The van der Waals surface area contributed by atoms with Crippen LogP contribution in [0.1, 0.15) is 44.7 Å². The summed E-state index contributed by atoms with van der Waals surface area (Å²) in [6, 6.07) is 2.79. The summed E-state index contributed by atoms with van der Waals surface area (Å²) in [5, 5.41) is 22.4. The predicted molar refractivity (Wildman–Crippen MR) is 125 cm³/mol. The van der Waals surface area contributed by atoms with E-state index in [-0.39, 0.29) is 68.2 Å². The number of ketones is 1. The number of hydrogen-bond acceptors (Lipinski definition) is 9. The van der Waals surface area contributed by atoms with E-state index < -0.39 is 35.8 Å². The van der Waals surface area contributed by atoms with Crippen LogP contribution in [0.25, 0.3) is 21.9 Å². The van der Waals surface area contributed by atoms with Crippen molar-refractivity contribution in [3.05, 3.63) is 34.4 Å². The highest BCUT2D eigenvalue weighted by atomic mass is 16.5. The fraction of sp³-hybridized carbons (Fsp3) is 0.360. The topological polar surface area (TPSA) is 165 Å². The number of carbonyl (C=O) groups excluding carboxylic acids is 3. The number of hydrogen-bond donors (Lipinski definition) is 2. The Hall–Kier alpha value is -4.05. The van der Waals surface area contributed by atoms with Gasteiger partial charge >= 0.3 is 17.7 Å². The summed E-state index contributed by atoms with van der Waals surface area (Å²) < 4.78 is 22.2. The van der Waals surface area contributed by atoms with Gasteiger partial charge in [-0.05, 0) is 18.6 Å². The van der Waals surface area contributed by atoms with Gasteiger partial charge in [-0.2, -0.15) is 4.79 Å². The highest BCUT2D eigenvalue weighted by Crippen LogP contribution is 2.56. The van der Waals surface area contributed by atoms with Crippen molar-refractivity contribution in [2.75, 3.05) is 14.2 Å². The van der Waals surface area contributed by atoms with E-state index in [2.05, 4.69) is 4.79 Å². The maximum Gasteiger partial charge on any atom is 0.333 e. The Morgan fingerprint density at radius 2 is 1.56 bits per heavy atom. The van der Waals surface area contributed by atoms with E-state index in [1.807, 2.05) is 0 Å². The van der Waals surface area contributed by atoms with E-state index in [1.165, 1.54) is 40.2 Å². The molecule has 2 aromatic rings. The predicted octanol–water partition coefficient (Wildman–Crippen LogP) is 1.97. The number of allylic oxidation sites excluding steroid dienone is 1. The Morgan fingerprint density at radius 1 is 1.06 bits per heavy atom. The van der Waals surface area contributed by atoms with Gasteiger partial charge in [0.05, 0.1) is 30.6 Å². The summed E-state index contributed by atoms with van der Waals surface area (Å²) in [6.07, 6.45) is -1.92. The van der Waals surface area contributed by atoms with Crippen LogP contribution < -0.4 is 18.9 Å². The molecule has 0 radical (unpaired) electrons. The number of nitrogens with zero attached hydrogens (tertiary/aromatic N) is 2. The molecular formula is C25H24N2O9. The molecule has 0 saturated heterocycles. The Morgan fingerprint density at radius 3 is 1.97 bits per heavy atom. The quantitative estimate of drug-likeness (QED) is 0.272. The molecule has 2 atom stereocenters. The van der Waals surface area contributed by atoms with Crippen LogP contribution in [0.4, 0.5) is 0 Å². The third-order valence-electron chi connectivity index (χ3n) is 6.45. The monoisotopic (exact) mass is 496 g/mol. The Labute approximate surface area is 205 Å². The standard InChI is InChI=1S/C25H24N2O9/c1-6-25(32)9-12(30)15-18-19(21(27-26)20(15)24(25)31)23(34-5)17-14(36-11(3)29)8-7-13(35-10(2)28)16(17)22(18)33-4/h7-8,24,31-32H,6,9H2,1-5H3/t24-,25+/m1/s1. The third kappa shape index (κ3) is 3.48.